The first-order chi connectivity index (χ1) is 11.2. The zero-order valence-corrected chi connectivity index (χ0v) is 12.7. The largest absolute Gasteiger partial charge is 0.465 e. The number of carbonyl (C=O) groups is 1. The molecule has 1 aromatic carbocycles. The molecular weight excluding hydrogens is 319 g/mol. The summed E-state index contributed by atoms with van der Waals surface area (Å²) in [5.41, 5.74) is 1.32. The van der Waals surface area contributed by atoms with E-state index in [0.717, 1.165) is 5.39 Å². The minimum absolute atomic E-state index is 0.215. The van der Waals surface area contributed by atoms with E-state index < -0.39 is 0 Å². The molecule has 0 unspecified atom stereocenters. The number of rotatable bonds is 3. The number of aromatic nitrogens is 4. The second kappa shape index (κ2) is 5.62. The van der Waals surface area contributed by atoms with Crippen LogP contribution in [-0.4, -0.2) is 37.6 Å². The van der Waals surface area contributed by atoms with Gasteiger partial charge in [-0.15, -0.1) is 0 Å². The Morgan fingerprint density at radius 2 is 2.09 bits per heavy atom. The molecule has 1 fully saturated rings. The van der Waals surface area contributed by atoms with Gasteiger partial charge < -0.3 is 4.74 Å². The lowest BCUT2D eigenvalue weighted by atomic mass is 10.3. The highest BCUT2D eigenvalue weighted by Gasteiger charge is 2.29. The SMILES string of the molecule is O=C1OCC[C@@H]1Sc1ncnc2c1cnn2-c1ccc(F)cc1. The van der Waals surface area contributed by atoms with Crippen molar-refractivity contribution in [2.45, 2.75) is 16.7 Å². The molecule has 1 aliphatic rings. The number of halogens is 1. The Morgan fingerprint density at radius 1 is 1.26 bits per heavy atom. The number of fused-ring (bicyclic) bond motifs is 1. The van der Waals surface area contributed by atoms with Gasteiger partial charge in [0, 0.05) is 6.42 Å². The Balaban J connectivity index is 1.74. The number of hydrogen-bond acceptors (Lipinski definition) is 6. The molecule has 0 bridgehead atoms. The van der Waals surface area contributed by atoms with E-state index in [9.17, 15) is 9.18 Å². The predicted molar refractivity (Wildman–Crippen MR) is 81.8 cm³/mol. The van der Waals surface area contributed by atoms with E-state index in [1.54, 1.807) is 23.0 Å². The van der Waals surface area contributed by atoms with Crippen molar-refractivity contribution in [3.63, 3.8) is 0 Å². The van der Waals surface area contributed by atoms with Crippen molar-refractivity contribution in [3.05, 3.63) is 42.6 Å². The maximum absolute atomic E-state index is 13.1. The molecule has 3 heterocycles. The summed E-state index contributed by atoms with van der Waals surface area (Å²) in [5.74, 6) is -0.525. The van der Waals surface area contributed by atoms with E-state index in [1.165, 1.54) is 30.2 Å². The summed E-state index contributed by atoms with van der Waals surface area (Å²) >= 11 is 1.36. The number of thioether (sulfide) groups is 1. The summed E-state index contributed by atoms with van der Waals surface area (Å²) in [4.78, 5) is 20.1. The molecule has 8 heteroatoms. The zero-order valence-electron chi connectivity index (χ0n) is 11.8. The van der Waals surface area contributed by atoms with Gasteiger partial charge in [0.25, 0.3) is 0 Å². The third kappa shape index (κ3) is 2.55. The van der Waals surface area contributed by atoms with Crippen LogP contribution in [0.2, 0.25) is 0 Å². The second-order valence-corrected chi connectivity index (χ2v) is 6.20. The lowest BCUT2D eigenvalue weighted by Gasteiger charge is -2.06. The molecule has 4 rings (SSSR count). The molecule has 0 aliphatic carbocycles. The maximum Gasteiger partial charge on any atom is 0.319 e. The summed E-state index contributed by atoms with van der Waals surface area (Å²) in [6, 6.07) is 6.00. The highest BCUT2D eigenvalue weighted by molar-refractivity contribution is 8.00. The molecule has 1 atom stereocenters. The highest BCUT2D eigenvalue weighted by Crippen LogP contribution is 2.32. The van der Waals surface area contributed by atoms with Gasteiger partial charge in [0.1, 0.15) is 22.4 Å². The van der Waals surface area contributed by atoms with E-state index in [1.807, 2.05) is 0 Å². The van der Waals surface area contributed by atoms with E-state index in [4.69, 9.17) is 4.74 Å². The first-order valence-electron chi connectivity index (χ1n) is 7.00. The van der Waals surface area contributed by atoms with Crippen molar-refractivity contribution >= 4 is 28.8 Å². The first kappa shape index (κ1) is 14.1. The van der Waals surface area contributed by atoms with Gasteiger partial charge >= 0.3 is 5.97 Å². The van der Waals surface area contributed by atoms with Gasteiger partial charge in [-0.2, -0.15) is 5.10 Å². The van der Waals surface area contributed by atoms with Crippen LogP contribution in [0.4, 0.5) is 4.39 Å². The third-order valence-electron chi connectivity index (χ3n) is 3.54. The van der Waals surface area contributed by atoms with Crippen LogP contribution in [0.5, 0.6) is 0 Å². The molecule has 116 valence electrons. The number of esters is 1. The van der Waals surface area contributed by atoms with Gasteiger partial charge in [-0.05, 0) is 24.3 Å². The average molecular weight is 330 g/mol. The van der Waals surface area contributed by atoms with E-state index in [0.29, 0.717) is 29.4 Å². The Morgan fingerprint density at radius 3 is 2.83 bits per heavy atom. The van der Waals surface area contributed by atoms with Crippen LogP contribution < -0.4 is 0 Å². The fourth-order valence-corrected chi connectivity index (χ4v) is 3.43. The summed E-state index contributed by atoms with van der Waals surface area (Å²) in [5, 5.41) is 5.50. The minimum Gasteiger partial charge on any atom is -0.465 e. The third-order valence-corrected chi connectivity index (χ3v) is 4.80. The van der Waals surface area contributed by atoms with Crippen molar-refractivity contribution in [1.29, 1.82) is 0 Å². The van der Waals surface area contributed by atoms with Crippen LogP contribution >= 0.6 is 11.8 Å². The van der Waals surface area contributed by atoms with Gasteiger partial charge in [-0.3, -0.25) is 4.79 Å². The number of hydrogen-bond donors (Lipinski definition) is 0. The fraction of sp³-hybridized carbons (Fsp3) is 0.200. The predicted octanol–water partition coefficient (Wildman–Crippen LogP) is 2.36. The molecule has 0 N–H and O–H groups in total. The zero-order chi connectivity index (χ0) is 15.8. The number of nitrogens with zero attached hydrogens (tertiary/aromatic N) is 4. The number of ether oxygens (including phenoxy) is 1. The monoisotopic (exact) mass is 330 g/mol. The minimum atomic E-state index is -0.309. The Hall–Kier alpha value is -2.48. The molecule has 0 amide bonds. The van der Waals surface area contributed by atoms with Crippen molar-refractivity contribution in [2.24, 2.45) is 0 Å². The maximum atomic E-state index is 13.1. The molecule has 0 saturated carbocycles. The number of cyclic esters (lactones) is 1. The smallest absolute Gasteiger partial charge is 0.319 e. The number of carbonyl (C=O) groups excluding carboxylic acids is 1. The lowest BCUT2D eigenvalue weighted by Crippen LogP contribution is -2.09. The number of benzene rings is 1. The van der Waals surface area contributed by atoms with Crippen LogP contribution in [0.1, 0.15) is 6.42 Å². The van der Waals surface area contributed by atoms with Gasteiger partial charge in [-0.25, -0.2) is 19.0 Å². The normalized spacial score (nSPS) is 17.6. The van der Waals surface area contributed by atoms with Gasteiger partial charge in [-0.1, -0.05) is 11.8 Å². The van der Waals surface area contributed by atoms with E-state index >= 15 is 0 Å². The van der Waals surface area contributed by atoms with Crippen molar-refractivity contribution in [1.82, 2.24) is 19.7 Å². The van der Waals surface area contributed by atoms with Crippen LogP contribution in [0.15, 0.2) is 41.8 Å². The summed E-state index contributed by atoms with van der Waals surface area (Å²) in [7, 11) is 0. The van der Waals surface area contributed by atoms with E-state index in [-0.39, 0.29) is 17.0 Å². The molecule has 2 aromatic heterocycles. The molecule has 0 radical (unpaired) electrons. The van der Waals surface area contributed by atoms with Crippen molar-refractivity contribution in [2.75, 3.05) is 6.61 Å². The summed E-state index contributed by atoms with van der Waals surface area (Å²) < 4.78 is 19.7. The van der Waals surface area contributed by atoms with Crippen molar-refractivity contribution < 1.29 is 13.9 Å². The highest BCUT2D eigenvalue weighted by atomic mass is 32.2. The average Bonchev–Trinajstić information content (AvgIpc) is 3.16. The Bertz CT molecular complexity index is 881. The van der Waals surface area contributed by atoms with Crippen molar-refractivity contribution in [3.8, 4) is 5.69 Å². The Kier molecular flexibility index (Phi) is 3.45. The summed E-state index contributed by atoms with van der Waals surface area (Å²) in [6.45, 7) is 0.444. The summed E-state index contributed by atoms with van der Waals surface area (Å²) in [6.07, 6.45) is 3.76. The molecule has 23 heavy (non-hydrogen) atoms. The molecule has 1 saturated heterocycles. The standard InChI is InChI=1S/C15H11FN4O2S/c16-9-1-3-10(4-2-9)20-13-11(7-19-20)14(18-8-17-13)23-12-5-6-22-15(12)21/h1-4,7-8,12H,5-6H2/t12-/m0/s1. The van der Waals surface area contributed by atoms with Gasteiger partial charge in [0.2, 0.25) is 0 Å². The fourth-order valence-electron chi connectivity index (χ4n) is 2.41. The molecule has 1 aliphatic heterocycles. The van der Waals surface area contributed by atoms with Crippen LogP contribution in [0, 0.1) is 5.82 Å². The molecular formula is C15H11FN4O2S. The van der Waals surface area contributed by atoms with Crippen LogP contribution in [0.3, 0.4) is 0 Å². The molecule has 6 nitrogen and oxygen atoms in total. The topological polar surface area (TPSA) is 69.9 Å². The first-order valence-corrected chi connectivity index (χ1v) is 7.88. The Labute approximate surface area is 134 Å². The van der Waals surface area contributed by atoms with Crippen LogP contribution in [-0.2, 0) is 9.53 Å². The van der Waals surface area contributed by atoms with Gasteiger partial charge in [0.05, 0.1) is 23.9 Å². The second-order valence-electron chi connectivity index (χ2n) is 5.01. The van der Waals surface area contributed by atoms with E-state index in [2.05, 4.69) is 15.1 Å². The molecule has 0 spiro atoms. The lowest BCUT2D eigenvalue weighted by molar-refractivity contribution is -0.137. The van der Waals surface area contributed by atoms with Gasteiger partial charge in [0.15, 0.2) is 5.65 Å². The van der Waals surface area contributed by atoms with Crippen LogP contribution in [0.25, 0.3) is 16.7 Å². The quantitative estimate of drug-likeness (QED) is 0.542. The molecule has 3 aromatic rings.